The lowest BCUT2D eigenvalue weighted by Crippen LogP contribution is -2.43. The molecule has 2 aliphatic heterocycles. The number of nitrogens with zero attached hydrogens (tertiary/aromatic N) is 1. The number of fused-ring (bicyclic) bond motifs is 1. The van der Waals surface area contributed by atoms with Crippen molar-refractivity contribution in [2.75, 3.05) is 29.2 Å². The molecule has 1 saturated heterocycles. The SMILES string of the molecule is CC1(C)COC(C2C(=O)N(Cc3ccc(N)cc3)c3ccc(NC(=O)C4CC4)cc32)OC1. The molecule has 0 aromatic heterocycles. The van der Waals surface area contributed by atoms with Crippen molar-refractivity contribution in [3.8, 4) is 0 Å². The highest BCUT2D eigenvalue weighted by Gasteiger charge is 2.46. The molecule has 5 rings (SSSR count). The van der Waals surface area contributed by atoms with Crippen molar-refractivity contribution in [2.24, 2.45) is 11.3 Å². The van der Waals surface area contributed by atoms with E-state index < -0.39 is 12.2 Å². The number of carbonyl (C=O) groups excluding carboxylic acids is 2. The van der Waals surface area contributed by atoms with Crippen LogP contribution in [0.2, 0.25) is 0 Å². The van der Waals surface area contributed by atoms with E-state index in [-0.39, 0.29) is 23.1 Å². The Hall–Kier alpha value is -2.90. The molecule has 2 fully saturated rings. The summed E-state index contributed by atoms with van der Waals surface area (Å²) in [6.45, 7) is 5.62. The second kappa shape index (κ2) is 7.90. The van der Waals surface area contributed by atoms with Crippen LogP contribution in [0.1, 0.15) is 43.7 Å². The molecule has 2 amide bonds. The fraction of sp³-hybridized carbons (Fsp3) is 0.440. The number of nitrogen functional groups attached to an aromatic ring is 1. The molecule has 2 heterocycles. The van der Waals surface area contributed by atoms with Crippen LogP contribution in [0.25, 0.3) is 0 Å². The predicted molar refractivity (Wildman–Crippen MR) is 122 cm³/mol. The molecule has 1 saturated carbocycles. The summed E-state index contributed by atoms with van der Waals surface area (Å²) >= 11 is 0. The number of nitrogens with one attached hydrogen (secondary N) is 1. The number of ether oxygens (including phenoxy) is 2. The van der Waals surface area contributed by atoms with Gasteiger partial charge in [-0.05, 0) is 54.3 Å². The molecule has 168 valence electrons. The van der Waals surface area contributed by atoms with Gasteiger partial charge in [0.05, 0.1) is 19.8 Å². The third-order valence-electron chi connectivity index (χ3n) is 6.27. The van der Waals surface area contributed by atoms with Crippen LogP contribution in [0.15, 0.2) is 42.5 Å². The number of benzene rings is 2. The van der Waals surface area contributed by atoms with Gasteiger partial charge in [-0.1, -0.05) is 26.0 Å². The zero-order valence-electron chi connectivity index (χ0n) is 18.5. The van der Waals surface area contributed by atoms with Gasteiger partial charge >= 0.3 is 0 Å². The van der Waals surface area contributed by atoms with Gasteiger partial charge in [-0.25, -0.2) is 0 Å². The molecule has 3 N–H and O–H groups in total. The molecular formula is C25H29N3O4. The van der Waals surface area contributed by atoms with E-state index in [2.05, 4.69) is 19.2 Å². The van der Waals surface area contributed by atoms with Gasteiger partial charge in [-0.2, -0.15) is 0 Å². The molecule has 2 aromatic rings. The van der Waals surface area contributed by atoms with E-state index in [4.69, 9.17) is 15.2 Å². The molecule has 3 aliphatic rings. The topological polar surface area (TPSA) is 93.9 Å². The van der Waals surface area contributed by atoms with Crippen LogP contribution in [0, 0.1) is 11.3 Å². The summed E-state index contributed by atoms with van der Waals surface area (Å²) < 4.78 is 12.0. The van der Waals surface area contributed by atoms with Crippen molar-refractivity contribution in [2.45, 2.75) is 45.4 Å². The van der Waals surface area contributed by atoms with Crippen molar-refractivity contribution in [1.82, 2.24) is 0 Å². The van der Waals surface area contributed by atoms with Crippen LogP contribution in [0.4, 0.5) is 17.1 Å². The maximum atomic E-state index is 13.6. The van der Waals surface area contributed by atoms with Crippen molar-refractivity contribution in [1.29, 1.82) is 0 Å². The molecule has 0 spiro atoms. The van der Waals surface area contributed by atoms with Gasteiger partial charge in [-0.3, -0.25) is 9.59 Å². The summed E-state index contributed by atoms with van der Waals surface area (Å²) in [5, 5.41) is 2.99. The van der Waals surface area contributed by atoms with E-state index in [1.807, 2.05) is 42.5 Å². The largest absolute Gasteiger partial charge is 0.399 e. The highest BCUT2D eigenvalue weighted by Crippen LogP contribution is 2.44. The number of anilines is 3. The molecule has 2 aromatic carbocycles. The van der Waals surface area contributed by atoms with E-state index in [1.54, 1.807) is 4.90 Å². The number of hydrogen-bond acceptors (Lipinski definition) is 5. The van der Waals surface area contributed by atoms with E-state index >= 15 is 0 Å². The first kappa shape index (κ1) is 21.0. The Morgan fingerprint density at radius 1 is 1.12 bits per heavy atom. The number of carbonyl (C=O) groups is 2. The lowest BCUT2D eigenvalue weighted by molar-refractivity contribution is -0.229. The Morgan fingerprint density at radius 3 is 2.47 bits per heavy atom. The average molecular weight is 436 g/mol. The third-order valence-corrected chi connectivity index (χ3v) is 6.27. The maximum absolute atomic E-state index is 13.6. The second-order valence-electron chi connectivity index (χ2n) is 9.84. The van der Waals surface area contributed by atoms with Gasteiger partial charge in [0.25, 0.3) is 0 Å². The first-order valence-corrected chi connectivity index (χ1v) is 11.1. The minimum Gasteiger partial charge on any atom is -0.399 e. The van der Waals surface area contributed by atoms with Gasteiger partial charge in [0.2, 0.25) is 11.8 Å². The minimum absolute atomic E-state index is 0.0384. The van der Waals surface area contributed by atoms with Gasteiger partial charge in [0.15, 0.2) is 6.29 Å². The van der Waals surface area contributed by atoms with Gasteiger partial charge in [0.1, 0.15) is 5.92 Å². The van der Waals surface area contributed by atoms with E-state index in [0.29, 0.717) is 31.1 Å². The summed E-state index contributed by atoms with van der Waals surface area (Å²) in [7, 11) is 0. The zero-order chi connectivity index (χ0) is 22.5. The highest BCUT2D eigenvalue weighted by molar-refractivity contribution is 6.06. The Balaban J connectivity index is 1.46. The Kier molecular flexibility index (Phi) is 5.18. The Labute approximate surface area is 187 Å². The summed E-state index contributed by atoms with van der Waals surface area (Å²) in [5.41, 5.74) is 9.73. The Morgan fingerprint density at radius 2 is 1.81 bits per heavy atom. The highest BCUT2D eigenvalue weighted by atomic mass is 16.7. The number of nitrogens with two attached hydrogens (primary N) is 1. The molecule has 7 nitrogen and oxygen atoms in total. The van der Waals surface area contributed by atoms with Crippen LogP contribution >= 0.6 is 0 Å². The van der Waals surface area contributed by atoms with Gasteiger partial charge in [-0.15, -0.1) is 0 Å². The molecular weight excluding hydrogens is 406 g/mol. The fourth-order valence-corrected chi connectivity index (χ4v) is 4.27. The maximum Gasteiger partial charge on any atom is 0.240 e. The molecule has 0 bridgehead atoms. The van der Waals surface area contributed by atoms with Crippen molar-refractivity contribution < 1.29 is 19.1 Å². The molecule has 0 radical (unpaired) electrons. The standard InChI is InChI=1S/C25H29N3O4/c1-25(2)13-31-24(32-14-25)21-19-11-18(27-22(29)16-5-6-16)9-10-20(19)28(23(21)30)12-15-3-7-17(26)8-4-15/h3-4,7-11,16,21,24H,5-6,12-14,26H2,1-2H3,(H,27,29). The minimum atomic E-state index is -0.653. The molecule has 1 unspecified atom stereocenters. The van der Waals surface area contributed by atoms with Crippen molar-refractivity contribution >= 4 is 28.9 Å². The third kappa shape index (κ3) is 4.10. The second-order valence-corrected chi connectivity index (χ2v) is 9.84. The normalized spacial score (nSPS) is 22.6. The summed E-state index contributed by atoms with van der Waals surface area (Å²) in [6, 6.07) is 13.2. The first-order valence-electron chi connectivity index (χ1n) is 11.1. The molecule has 1 atom stereocenters. The number of amides is 2. The van der Waals surface area contributed by atoms with Crippen molar-refractivity contribution in [3.63, 3.8) is 0 Å². The molecule has 32 heavy (non-hydrogen) atoms. The van der Waals surface area contributed by atoms with Crippen LogP contribution in [0.3, 0.4) is 0 Å². The van der Waals surface area contributed by atoms with Crippen LogP contribution in [0.5, 0.6) is 0 Å². The monoisotopic (exact) mass is 435 g/mol. The van der Waals surface area contributed by atoms with E-state index in [9.17, 15) is 9.59 Å². The summed E-state index contributed by atoms with van der Waals surface area (Å²) in [4.78, 5) is 27.6. The average Bonchev–Trinajstić information content (AvgIpc) is 3.57. The summed E-state index contributed by atoms with van der Waals surface area (Å²) in [6.07, 6.45) is 1.22. The van der Waals surface area contributed by atoms with E-state index in [1.165, 1.54) is 0 Å². The molecule has 7 heteroatoms. The van der Waals surface area contributed by atoms with Crippen LogP contribution in [-0.2, 0) is 25.6 Å². The quantitative estimate of drug-likeness (QED) is 0.700. The number of hydrogen-bond donors (Lipinski definition) is 2. The smallest absolute Gasteiger partial charge is 0.240 e. The lowest BCUT2D eigenvalue weighted by atomic mass is 9.93. The summed E-state index contributed by atoms with van der Waals surface area (Å²) in [5.74, 6) is -0.494. The lowest BCUT2D eigenvalue weighted by Gasteiger charge is -2.36. The zero-order valence-corrected chi connectivity index (χ0v) is 18.5. The van der Waals surface area contributed by atoms with Gasteiger partial charge < -0.3 is 25.4 Å². The first-order chi connectivity index (χ1) is 15.3. The fourth-order valence-electron chi connectivity index (χ4n) is 4.27. The number of rotatable bonds is 5. The van der Waals surface area contributed by atoms with Crippen LogP contribution in [-0.4, -0.2) is 31.3 Å². The van der Waals surface area contributed by atoms with E-state index in [0.717, 1.165) is 29.7 Å². The molecule has 1 aliphatic carbocycles. The van der Waals surface area contributed by atoms with Crippen LogP contribution < -0.4 is 16.0 Å². The Bertz CT molecular complexity index is 1040. The predicted octanol–water partition coefficient (Wildman–Crippen LogP) is 3.65. The van der Waals surface area contributed by atoms with Crippen molar-refractivity contribution in [3.05, 3.63) is 53.6 Å². The van der Waals surface area contributed by atoms with Gasteiger partial charge in [0, 0.05) is 28.4 Å².